The Balaban J connectivity index is 1.98. The van der Waals surface area contributed by atoms with Crippen LogP contribution in [0.25, 0.3) is 5.69 Å². The minimum atomic E-state index is -0.0962. The smallest absolute Gasteiger partial charge is 0.251 e. The molecule has 7 heteroatoms. The third-order valence-corrected chi connectivity index (χ3v) is 2.81. The number of aryl methyl sites for hydroxylation is 1. The lowest BCUT2D eigenvalue weighted by Crippen LogP contribution is -2.25. The van der Waals surface area contributed by atoms with Gasteiger partial charge in [-0.2, -0.15) is 4.68 Å². The quantitative estimate of drug-likeness (QED) is 0.786. The maximum absolute atomic E-state index is 11.9. The molecule has 1 N–H and O–H groups in total. The SMILES string of the molecule is COCCCNC(=O)c1ccc(-n2nnnc2C)cc1. The Morgan fingerprint density at radius 3 is 2.70 bits per heavy atom. The van der Waals surface area contributed by atoms with E-state index in [-0.39, 0.29) is 5.91 Å². The summed E-state index contributed by atoms with van der Waals surface area (Å²) in [7, 11) is 1.64. The molecule has 0 aliphatic carbocycles. The van der Waals surface area contributed by atoms with Crippen LogP contribution in [0.4, 0.5) is 0 Å². The molecule has 20 heavy (non-hydrogen) atoms. The molecule has 7 nitrogen and oxygen atoms in total. The van der Waals surface area contributed by atoms with Crippen molar-refractivity contribution < 1.29 is 9.53 Å². The highest BCUT2D eigenvalue weighted by atomic mass is 16.5. The Kier molecular flexibility index (Phi) is 4.78. The molecule has 1 aromatic carbocycles. The summed E-state index contributed by atoms with van der Waals surface area (Å²) >= 11 is 0. The van der Waals surface area contributed by atoms with E-state index in [1.165, 1.54) is 0 Å². The number of rotatable bonds is 6. The number of nitrogens with one attached hydrogen (secondary N) is 1. The number of benzene rings is 1. The molecule has 106 valence electrons. The van der Waals surface area contributed by atoms with Gasteiger partial charge in [-0.3, -0.25) is 4.79 Å². The second kappa shape index (κ2) is 6.76. The highest BCUT2D eigenvalue weighted by Crippen LogP contribution is 2.09. The van der Waals surface area contributed by atoms with Crippen molar-refractivity contribution in [1.82, 2.24) is 25.5 Å². The second-order valence-corrected chi connectivity index (χ2v) is 4.29. The van der Waals surface area contributed by atoms with E-state index in [1.807, 2.05) is 19.1 Å². The molecule has 0 aliphatic heterocycles. The number of methoxy groups -OCH3 is 1. The van der Waals surface area contributed by atoms with E-state index in [4.69, 9.17) is 4.74 Å². The Labute approximate surface area is 116 Å². The summed E-state index contributed by atoms with van der Waals surface area (Å²) in [5.41, 5.74) is 1.43. The zero-order valence-corrected chi connectivity index (χ0v) is 11.5. The maximum Gasteiger partial charge on any atom is 0.251 e. The lowest BCUT2D eigenvalue weighted by Gasteiger charge is -2.06. The van der Waals surface area contributed by atoms with Crippen LogP contribution in [-0.2, 0) is 4.74 Å². The molecule has 0 aliphatic rings. The van der Waals surface area contributed by atoms with E-state index >= 15 is 0 Å². The summed E-state index contributed by atoms with van der Waals surface area (Å²) in [6.45, 7) is 3.05. The fourth-order valence-electron chi connectivity index (χ4n) is 1.74. The number of carbonyl (C=O) groups excluding carboxylic acids is 1. The Morgan fingerprint density at radius 1 is 1.35 bits per heavy atom. The van der Waals surface area contributed by atoms with Crippen molar-refractivity contribution in [2.24, 2.45) is 0 Å². The zero-order chi connectivity index (χ0) is 14.4. The van der Waals surface area contributed by atoms with Gasteiger partial charge in [0.2, 0.25) is 0 Å². The molecular formula is C13H17N5O2. The van der Waals surface area contributed by atoms with Crippen molar-refractivity contribution in [2.45, 2.75) is 13.3 Å². The third kappa shape index (κ3) is 3.39. The van der Waals surface area contributed by atoms with Crippen molar-refractivity contribution in [3.8, 4) is 5.69 Å². The number of nitrogens with zero attached hydrogens (tertiary/aromatic N) is 4. The van der Waals surface area contributed by atoms with Crippen molar-refractivity contribution in [3.05, 3.63) is 35.7 Å². The van der Waals surface area contributed by atoms with Crippen molar-refractivity contribution in [3.63, 3.8) is 0 Å². The average Bonchev–Trinajstić information content (AvgIpc) is 2.90. The van der Waals surface area contributed by atoms with Crippen molar-refractivity contribution >= 4 is 5.91 Å². The molecule has 0 radical (unpaired) electrons. The lowest BCUT2D eigenvalue weighted by molar-refractivity contribution is 0.0948. The molecular weight excluding hydrogens is 258 g/mol. The second-order valence-electron chi connectivity index (χ2n) is 4.29. The van der Waals surface area contributed by atoms with Crippen LogP contribution in [0.2, 0.25) is 0 Å². The van der Waals surface area contributed by atoms with Gasteiger partial charge in [0, 0.05) is 25.8 Å². The normalized spacial score (nSPS) is 10.5. The van der Waals surface area contributed by atoms with Gasteiger partial charge in [0.1, 0.15) is 0 Å². The molecule has 0 saturated heterocycles. The maximum atomic E-state index is 11.9. The topological polar surface area (TPSA) is 81.9 Å². The molecule has 0 atom stereocenters. The number of aromatic nitrogens is 4. The minimum absolute atomic E-state index is 0.0962. The summed E-state index contributed by atoms with van der Waals surface area (Å²) in [5.74, 6) is 0.600. The summed E-state index contributed by atoms with van der Waals surface area (Å²) in [5, 5.41) is 14.1. The summed E-state index contributed by atoms with van der Waals surface area (Å²) in [6, 6.07) is 7.13. The molecule has 2 aromatic rings. The molecule has 0 spiro atoms. The first-order chi connectivity index (χ1) is 9.72. The predicted octanol–water partition coefficient (Wildman–Crippen LogP) is 0.737. The first-order valence-corrected chi connectivity index (χ1v) is 6.35. The molecule has 0 bridgehead atoms. The Hall–Kier alpha value is -2.28. The third-order valence-electron chi connectivity index (χ3n) is 2.81. The predicted molar refractivity (Wildman–Crippen MR) is 72.7 cm³/mol. The van der Waals surface area contributed by atoms with Crippen molar-refractivity contribution in [2.75, 3.05) is 20.3 Å². The Morgan fingerprint density at radius 2 is 2.10 bits per heavy atom. The fourth-order valence-corrected chi connectivity index (χ4v) is 1.74. The largest absolute Gasteiger partial charge is 0.385 e. The lowest BCUT2D eigenvalue weighted by atomic mass is 10.2. The molecule has 1 amide bonds. The molecule has 0 unspecified atom stereocenters. The van der Waals surface area contributed by atoms with Gasteiger partial charge in [0.15, 0.2) is 5.82 Å². The summed E-state index contributed by atoms with van der Waals surface area (Å²) in [6.07, 6.45) is 0.796. The van der Waals surface area contributed by atoms with Gasteiger partial charge in [-0.1, -0.05) is 0 Å². The number of ether oxygens (including phenoxy) is 1. The Bertz CT molecular complexity index is 564. The fraction of sp³-hybridized carbons (Fsp3) is 0.385. The van der Waals surface area contributed by atoms with Gasteiger partial charge in [0.25, 0.3) is 5.91 Å². The number of amides is 1. The van der Waals surface area contributed by atoms with E-state index in [2.05, 4.69) is 20.8 Å². The molecule has 2 rings (SSSR count). The molecule has 1 aromatic heterocycles. The van der Waals surface area contributed by atoms with Crippen LogP contribution in [0.3, 0.4) is 0 Å². The first-order valence-electron chi connectivity index (χ1n) is 6.35. The van der Waals surface area contributed by atoms with Gasteiger partial charge in [-0.25, -0.2) is 0 Å². The first kappa shape index (κ1) is 14.1. The average molecular weight is 275 g/mol. The van der Waals surface area contributed by atoms with E-state index in [1.54, 1.807) is 23.9 Å². The van der Waals surface area contributed by atoms with Crippen LogP contribution >= 0.6 is 0 Å². The van der Waals surface area contributed by atoms with Gasteiger partial charge in [-0.15, -0.1) is 5.10 Å². The summed E-state index contributed by atoms with van der Waals surface area (Å²) < 4.78 is 6.54. The van der Waals surface area contributed by atoms with Crippen LogP contribution in [0.5, 0.6) is 0 Å². The van der Waals surface area contributed by atoms with Gasteiger partial charge in [0.05, 0.1) is 5.69 Å². The standard InChI is InChI=1S/C13H17N5O2/c1-10-15-16-17-18(10)12-6-4-11(5-7-12)13(19)14-8-3-9-20-2/h4-7H,3,8-9H2,1-2H3,(H,14,19). The zero-order valence-electron chi connectivity index (χ0n) is 11.5. The molecule has 1 heterocycles. The number of hydrogen-bond donors (Lipinski definition) is 1. The van der Waals surface area contributed by atoms with Crippen molar-refractivity contribution in [1.29, 1.82) is 0 Å². The van der Waals surface area contributed by atoms with Crippen LogP contribution in [0.15, 0.2) is 24.3 Å². The van der Waals surface area contributed by atoms with E-state index in [9.17, 15) is 4.79 Å². The highest BCUT2D eigenvalue weighted by Gasteiger charge is 2.07. The van der Waals surface area contributed by atoms with E-state index in [0.717, 1.165) is 12.1 Å². The van der Waals surface area contributed by atoms with Crippen LogP contribution in [0, 0.1) is 6.92 Å². The van der Waals surface area contributed by atoms with Crippen LogP contribution in [0.1, 0.15) is 22.6 Å². The van der Waals surface area contributed by atoms with Gasteiger partial charge < -0.3 is 10.1 Å². The van der Waals surface area contributed by atoms with E-state index in [0.29, 0.717) is 24.5 Å². The number of tetrazole rings is 1. The monoisotopic (exact) mass is 275 g/mol. The van der Waals surface area contributed by atoms with E-state index < -0.39 is 0 Å². The minimum Gasteiger partial charge on any atom is -0.385 e. The molecule has 0 saturated carbocycles. The number of carbonyl (C=O) groups is 1. The van der Waals surface area contributed by atoms with Gasteiger partial charge in [-0.05, 0) is 48.0 Å². The number of hydrogen-bond acceptors (Lipinski definition) is 5. The highest BCUT2D eigenvalue weighted by molar-refractivity contribution is 5.94. The van der Waals surface area contributed by atoms with Crippen LogP contribution in [-0.4, -0.2) is 46.4 Å². The van der Waals surface area contributed by atoms with Crippen LogP contribution < -0.4 is 5.32 Å². The summed E-state index contributed by atoms with van der Waals surface area (Å²) in [4.78, 5) is 11.9. The molecule has 0 fully saturated rings. The van der Waals surface area contributed by atoms with Gasteiger partial charge >= 0.3 is 0 Å².